The van der Waals surface area contributed by atoms with E-state index in [0.29, 0.717) is 6.42 Å². The molecule has 1 aromatic heterocycles. The van der Waals surface area contributed by atoms with E-state index >= 15 is 0 Å². The van der Waals surface area contributed by atoms with E-state index in [4.69, 9.17) is 4.74 Å². The molecule has 3 rings (SSSR count). The Kier molecular flexibility index (Phi) is 4.57. The highest BCUT2D eigenvalue weighted by Crippen LogP contribution is 2.26. The molecule has 0 radical (unpaired) electrons. The third kappa shape index (κ3) is 3.50. The van der Waals surface area contributed by atoms with Crippen molar-refractivity contribution in [1.82, 2.24) is 10.3 Å². The zero-order valence-electron chi connectivity index (χ0n) is 12.6. The lowest BCUT2D eigenvalue weighted by molar-refractivity contribution is -0.158. The first kappa shape index (κ1) is 15.5. The normalized spacial score (nSPS) is 19.6. The predicted molar refractivity (Wildman–Crippen MR) is 87.0 cm³/mol. The van der Waals surface area contributed by atoms with Gasteiger partial charge >= 0.3 is 5.97 Å². The summed E-state index contributed by atoms with van der Waals surface area (Å²) in [6.45, 7) is 0.212. The Morgan fingerprint density at radius 2 is 2.17 bits per heavy atom. The molecule has 1 aliphatic rings. The molecule has 0 aliphatic carbocycles. The van der Waals surface area contributed by atoms with Crippen molar-refractivity contribution in [2.24, 2.45) is 5.92 Å². The summed E-state index contributed by atoms with van der Waals surface area (Å²) in [4.78, 5) is 29.0. The lowest BCUT2D eigenvalue weighted by Gasteiger charge is -2.34. The van der Waals surface area contributed by atoms with Gasteiger partial charge in [-0.2, -0.15) is 0 Å². The summed E-state index contributed by atoms with van der Waals surface area (Å²) in [6.07, 6.45) is 2.23. The van der Waals surface area contributed by atoms with Crippen LogP contribution < -0.4 is 10.6 Å². The van der Waals surface area contributed by atoms with Gasteiger partial charge in [-0.3, -0.25) is 4.79 Å². The Bertz CT molecular complexity index is 702. The molecular formula is C16H17N3O3S. The number of amides is 1. The number of nitrogens with zero attached hydrogens (tertiary/aromatic N) is 1. The molecule has 2 heterocycles. The Labute approximate surface area is 137 Å². The summed E-state index contributed by atoms with van der Waals surface area (Å²) in [6, 6.07) is 8.88. The van der Waals surface area contributed by atoms with Crippen molar-refractivity contribution in [3.8, 4) is 0 Å². The first-order valence-corrected chi connectivity index (χ1v) is 8.12. The van der Waals surface area contributed by atoms with E-state index in [2.05, 4.69) is 15.6 Å². The van der Waals surface area contributed by atoms with Crippen molar-refractivity contribution in [3.05, 3.63) is 47.0 Å². The van der Waals surface area contributed by atoms with E-state index in [1.807, 2.05) is 30.3 Å². The van der Waals surface area contributed by atoms with E-state index < -0.39 is 12.0 Å². The van der Waals surface area contributed by atoms with Crippen molar-refractivity contribution >= 4 is 28.3 Å². The number of anilines is 1. The van der Waals surface area contributed by atoms with Gasteiger partial charge in [0.1, 0.15) is 12.6 Å². The Morgan fingerprint density at radius 1 is 1.39 bits per heavy atom. The van der Waals surface area contributed by atoms with Gasteiger partial charge in [0.2, 0.25) is 5.91 Å². The average molecular weight is 331 g/mol. The number of rotatable bonds is 6. The molecule has 1 fully saturated rings. The molecule has 0 saturated carbocycles. The zero-order chi connectivity index (χ0) is 16.2. The van der Waals surface area contributed by atoms with Crippen molar-refractivity contribution < 1.29 is 14.3 Å². The van der Waals surface area contributed by atoms with E-state index in [1.165, 1.54) is 11.3 Å². The average Bonchev–Trinajstić information content (AvgIpc) is 3.04. The highest BCUT2D eigenvalue weighted by Gasteiger charge is 2.45. The number of aromatic nitrogens is 1. The van der Waals surface area contributed by atoms with Crippen LogP contribution in [0.5, 0.6) is 0 Å². The molecule has 2 N–H and O–H groups in total. The fraction of sp³-hybridized carbons (Fsp3) is 0.312. The first-order valence-electron chi connectivity index (χ1n) is 7.31. The van der Waals surface area contributed by atoms with Gasteiger partial charge in [-0.25, -0.2) is 9.78 Å². The fourth-order valence-electron chi connectivity index (χ4n) is 2.40. The second-order valence-electron chi connectivity index (χ2n) is 5.27. The van der Waals surface area contributed by atoms with Crippen LogP contribution in [-0.4, -0.2) is 29.9 Å². The standard InChI is InChI=1S/C16H17N3O3S/c1-17-16-18-8-11(23-16)7-12-13(19-14(12)20)15(21)22-9-10-5-3-2-4-6-10/h2-6,8,12-13H,7,9H2,1H3,(H,17,18)(H,19,20)/t12-,13+/m1/s1. The Hall–Kier alpha value is -2.41. The third-order valence-electron chi connectivity index (χ3n) is 3.70. The molecule has 120 valence electrons. The molecule has 0 unspecified atom stereocenters. The van der Waals surface area contributed by atoms with E-state index in [-0.39, 0.29) is 18.4 Å². The van der Waals surface area contributed by atoms with Crippen molar-refractivity contribution in [2.75, 3.05) is 12.4 Å². The molecule has 1 saturated heterocycles. The minimum absolute atomic E-state index is 0.119. The van der Waals surface area contributed by atoms with Crippen LogP contribution in [0.25, 0.3) is 0 Å². The van der Waals surface area contributed by atoms with Gasteiger partial charge in [-0.1, -0.05) is 30.3 Å². The van der Waals surface area contributed by atoms with Gasteiger partial charge in [0.15, 0.2) is 5.13 Å². The number of hydrogen-bond donors (Lipinski definition) is 2. The number of thiazole rings is 1. The number of hydrogen-bond acceptors (Lipinski definition) is 6. The van der Waals surface area contributed by atoms with Crippen LogP contribution in [0, 0.1) is 5.92 Å². The van der Waals surface area contributed by atoms with E-state index in [0.717, 1.165) is 15.6 Å². The number of β-lactam (4-membered cyclic amide) rings is 1. The van der Waals surface area contributed by atoms with Crippen LogP contribution in [0.15, 0.2) is 36.5 Å². The molecule has 6 nitrogen and oxygen atoms in total. The first-order chi connectivity index (χ1) is 11.2. The van der Waals surface area contributed by atoms with Gasteiger partial charge in [0.25, 0.3) is 0 Å². The molecule has 0 bridgehead atoms. The Morgan fingerprint density at radius 3 is 2.83 bits per heavy atom. The van der Waals surface area contributed by atoms with Crippen LogP contribution in [0.2, 0.25) is 0 Å². The second-order valence-corrected chi connectivity index (χ2v) is 6.39. The minimum atomic E-state index is -0.577. The third-order valence-corrected chi connectivity index (χ3v) is 4.74. The molecule has 0 spiro atoms. The molecule has 2 aromatic rings. The lowest BCUT2D eigenvalue weighted by Crippen LogP contribution is -2.62. The number of esters is 1. The predicted octanol–water partition coefficient (Wildman–Crippen LogP) is 1.59. The van der Waals surface area contributed by atoms with Gasteiger partial charge in [0.05, 0.1) is 5.92 Å². The number of benzene rings is 1. The monoisotopic (exact) mass is 331 g/mol. The largest absolute Gasteiger partial charge is 0.459 e. The van der Waals surface area contributed by atoms with Crippen LogP contribution >= 0.6 is 11.3 Å². The topological polar surface area (TPSA) is 80.3 Å². The quantitative estimate of drug-likeness (QED) is 0.621. The summed E-state index contributed by atoms with van der Waals surface area (Å²) in [7, 11) is 1.79. The van der Waals surface area contributed by atoms with Gasteiger partial charge in [-0.05, 0) is 12.0 Å². The number of nitrogens with one attached hydrogen (secondary N) is 2. The maximum atomic E-state index is 12.1. The van der Waals surface area contributed by atoms with E-state index in [9.17, 15) is 9.59 Å². The van der Waals surface area contributed by atoms with Gasteiger partial charge in [0, 0.05) is 18.1 Å². The summed E-state index contributed by atoms with van der Waals surface area (Å²) >= 11 is 1.48. The summed E-state index contributed by atoms with van der Waals surface area (Å²) in [5.41, 5.74) is 0.921. The maximum absolute atomic E-state index is 12.1. The highest BCUT2D eigenvalue weighted by molar-refractivity contribution is 7.15. The molecule has 1 amide bonds. The van der Waals surface area contributed by atoms with Gasteiger partial charge < -0.3 is 15.4 Å². The second kappa shape index (κ2) is 6.78. The van der Waals surface area contributed by atoms with Gasteiger partial charge in [-0.15, -0.1) is 11.3 Å². The summed E-state index contributed by atoms with van der Waals surface area (Å²) in [5, 5.41) is 6.37. The highest BCUT2D eigenvalue weighted by atomic mass is 32.1. The maximum Gasteiger partial charge on any atom is 0.329 e. The molecule has 7 heteroatoms. The van der Waals surface area contributed by atoms with Crippen molar-refractivity contribution in [1.29, 1.82) is 0 Å². The zero-order valence-corrected chi connectivity index (χ0v) is 13.4. The van der Waals surface area contributed by atoms with Crippen molar-refractivity contribution in [3.63, 3.8) is 0 Å². The van der Waals surface area contributed by atoms with Crippen LogP contribution in [0.3, 0.4) is 0 Å². The van der Waals surface area contributed by atoms with Crippen LogP contribution in [0.4, 0.5) is 5.13 Å². The Balaban J connectivity index is 1.56. The van der Waals surface area contributed by atoms with Crippen molar-refractivity contribution in [2.45, 2.75) is 19.1 Å². The summed E-state index contributed by atoms with van der Waals surface area (Å²) < 4.78 is 5.30. The summed E-state index contributed by atoms with van der Waals surface area (Å²) in [5.74, 6) is -0.897. The van der Waals surface area contributed by atoms with E-state index in [1.54, 1.807) is 13.2 Å². The van der Waals surface area contributed by atoms with Crippen LogP contribution in [-0.2, 0) is 27.4 Å². The number of carbonyl (C=O) groups excluding carboxylic acids is 2. The molecule has 2 atom stereocenters. The minimum Gasteiger partial charge on any atom is -0.459 e. The fourth-order valence-corrected chi connectivity index (χ4v) is 3.23. The number of ether oxygens (including phenoxy) is 1. The smallest absolute Gasteiger partial charge is 0.329 e. The number of carbonyl (C=O) groups is 2. The lowest BCUT2D eigenvalue weighted by atomic mass is 9.87. The SMILES string of the molecule is CNc1ncc(C[C@H]2C(=O)N[C@@H]2C(=O)OCc2ccccc2)s1. The molecule has 1 aromatic carbocycles. The van der Waals surface area contributed by atoms with Crippen LogP contribution in [0.1, 0.15) is 10.4 Å². The molecule has 1 aliphatic heterocycles. The molecule has 23 heavy (non-hydrogen) atoms. The molecular weight excluding hydrogens is 314 g/mol.